The number of fused-ring (bicyclic) bond motifs is 1. The fraction of sp³-hybridized carbons (Fsp3) is 0.476. The van der Waals surface area contributed by atoms with Crippen LogP contribution in [0.3, 0.4) is 0 Å². The number of hydrogen-bond acceptors (Lipinski definition) is 7. The van der Waals surface area contributed by atoms with Gasteiger partial charge < -0.3 is 20.6 Å². The van der Waals surface area contributed by atoms with Gasteiger partial charge in [-0.25, -0.2) is 19.2 Å². The summed E-state index contributed by atoms with van der Waals surface area (Å²) in [6.45, 7) is 5.60. The van der Waals surface area contributed by atoms with E-state index in [0.717, 1.165) is 17.7 Å². The van der Waals surface area contributed by atoms with Gasteiger partial charge in [-0.3, -0.25) is 0 Å². The molecule has 33 heavy (non-hydrogen) atoms. The molecule has 12 heteroatoms. The van der Waals surface area contributed by atoms with Crippen molar-refractivity contribution in [3.05, 3.63) is 52.6 Å². The van der Waals surface area contributed by atoms with Gasteiger partial charge in [-0.2, -0.15) is 13.2 Å². The van der Waals surface area contributed by atoms with Crippen LogP contribution in [0.5, 0.6) is 0 Å². The highest BCUT2D eigenvalue weighted by Crippen LogP contribution is 2.34. The van der Waals surface area contributed by atoms with Crippen molar-refractivity contribution in [1.29, 1.82) is 0 Å². The number of amides is 1. The third-order valence-corrected chi connectivity index (χ3v) is 4.97. The lowest BCUT2D eigenvalue weighted by atomic mass is 9.99. The molecule has 0 bridgehead atoms. The number of rotatable bonds is 6. The topological polar surface area (TPSA) is 99.6 Å². The highest BCUT2D eigenvalue weighted by molar-refractivity contribution is 5.67. The van der Waals surface area contributed by atoms with Gasteiger partial charge in [0.2, 0.25) is 5.95 Å². The average Bonchev–Trinajstić information content (AvgIpc) is 2.70. The van der Waals surface area contributed by atoms with Gasteiger partial charge in [-0.15, -0.1) is 5.06 Å². The Morgan fingerprint density at radius 2 is 2.00 bits per heavy atom. The molecule has 1 aliphatic rings. The number of alkyl halides is 3. The van der Waals surface area contributed by atoms with Crippen LogP contribution in [0.25, 0.3) is 0 Å². The summed E-state index contributed by atoms with van der Waals surface area (Å²) < 4.78 is 53.7. The van der Waals surface area contributed by atoms with E-state index in [1.807, 2.05) is 13.8 Å². The number of carbonyl (C=O) groups excluding carboxylic acids is 1. The second-order valence-corrected chi connectivity index (χ2v) is 8.03. The molecule has 180 valence electrons. The van der Waals surface area contributed by atoms with Crippen LogP contribution < -0.4 is 10.6 Å². The Balaban J connectivity index is 1.71. The molecule has 8 nitrogen and oxygen atoms in total. The second-order valence-electron chi connectivity index (χ2n) is 8.03. The van der Waals surface area contributed by atoms with Crippen LogP contribution >= 0.6 is 0 Å². The summed E-state index contributed by atoms with van der Waals surface area (Å²) in [7, 11) is 0. The molecular formula is C21H25F4N5O3. The first-order valence-electron chi connectivity index (χ1n) is 10.3. The molecule has 0 fully saturated rings. The summed E-state index contributed by atoms with van der Waals surface area (Å²) >= 11 is 0. The zero-order chi connectivity index (χ0) is 24.3. The molecular weight excluding hydrogens is 446 g/mol. The van der Waals surface area contributed by atoms with Gasteiger partial charge in [-0.1, -0.05) is 12.1 Å². The Morgan fingerprint density at radius 3 is 2.64 bits per heavy atom. The van der Waals surface area contributed by atoms with Crippen LogP contribution in [0.1, 0.15) is 49.2 Å². The third kappa shape index (κ3) is 6.08. The van der Waals surface area contributed by atoms with Crippen molar-refractivity contribution in [3.8, 4) is 0 Å². The number of aliphatic hydroxyl groups excluding tert-OH is 1. The maximum Gasteiger partial charge on any atom is 0.426 e. The van der Waals surface area contributed by atoms with Crippen LogP contribution in [0.15, 0.2) is 24.4 Å². The van der Waals surface area contributed by atoms with Crippen LogP contribution in [0, 0.1) is 5.82 Å². The van der Waals surface area contributed by atoms with Gasteiger partial charge in [0.05, 0.1) is 29.9 Å². The molecule has 3 rings (SSSR count). The van der Waals surface area contributed by atoms with Crippen molar-refractivity contribution in [3.63, 3.8) is 0 Å². The number of benzene rings is 1. The van der Waals surface area contributed by atoms with Crippen molar-refractivity contribution < 1.29 is 32.3 Å². The summed E-state index contributed by atoms with van der Waals surface area (Å²) in [5, 5.41) is 16.7. The molecule has 2 atom stereocenters. The smallest absolute Gasteiger partial charge is 0.391 e. The van der Waals surface area contributed by atoms with Crippen molar-refractivity contribution in [2.45, 2.75) is 58.1 Å². The Bertz CT molecular complexity index is 1000. The van der Waals surface area contributed by atoms with E-state index in [2.05, 4.69) is 20.6 Å². The van der Waals surface area contributed by atoms with Crippen LogP contribution in [-0.2, 0) is 24.0 Å². The molecule has 2 heterocycles. The highest BCUT2D eigenvalue weighted by atomic mass is 19.4. The van der Waals surface area contributed by atoms with Gasteiger partial charge in [0.15, 0.2) is 0 Å². The molecule has 1 aromatic heterocycles. The fourth-order valence-corrected chi connectivity index (χ4v) is 3.42. The predicted octanol–water partition coefficient (Wildman–Crippen LogP) is 3.58. The van der Waals surface area contributed by atoms with Crippen LogP contribution in [0.4, 0.5) is 28.3 Å². The average molecular weight is 471 g/mol. The summed E-state index contributed by atoms with van der Waals surface area (Å²) in [5.41, 5.74) is -0.433. The van der Waals surface area contributed by atoms with Gasteiger partial charge in [0.25, 0.3) is 0 Å². The molecule has 3 N–H and O–H groups in total. The van der Waals surface area contributed by atoms with Crippen LogP contribution in [-0.4, -0.2) is 44.9 Å². The molecule has 0 spiro atoms. The number of aromatic nitrogens is 2. The molecule has 0 unspecified atom stereocenters. The number of hydroxylamine groups is 2. The fourth-order valence-electron chi connectivity index (χ4n) is 3.42. The van der Waals surface area contributed by atoms with Gasteiger partial charge >= 0.3 is 12.3 Å². The maximum atomic E-state index is 14.5. The predicted molar refractivity (Wildman–Crippen MR) is 110 cm³/mol. The Kier molecular flexibility index (Phi) is 7.38. The zero-order valence-corrected chi connectivity index (χ0v) is 18.3. The largest absolute Gasteiger partial charge is 0.426 e. The number of hydrogen-bond donors (Lipinski definition) is 3. The molecule has 0 radical (unpaired) electrons. The van der Waals surface area contributed by atoms with E-state index in [1.54, 1.807) is 6.20 Å². The molecule has 1 amide bonds. The summed E-state index contributed by atoms with van der Waals surface area (Å²) in [6, 6.07) is 1.33. The first-order valence-corrected chi connectivity index (χ1v) is 10.3. The van der Waals surface area contributed by atoms with Crippen molar-refractivity contribution in [2.24, 2.45) is 0 Å². The Labute approximate surface area is 187 Å². The lowest BCUT2D eigenvalue weighted by Gasteiger charge is -2.28. The number of carbonyl (C=O) groups is 1. The van der Waals surface area contributed by atoms with Crippen molar-refractivity contribution >= 4 is 12.0 Å². The summed E-state index contributed by atoms with van der Waals surface area (Å²) in [6.07, 6.45) is -5.15. The Morgan fingerprint density at radius 1 is 1.27 bits per heavy atom. The van der Waals surface area contributed by atoms with Crippen molar-refractivity contribution in [2.75, 3.05) is 11.9 Å². The standard InChI is InChI=1S/C21H25F4N5O3/c1-11(2)27-19-26-9-13-7-8-30(10-16(13)28-19)33-20(32)29-18(12(3)31)14-5-4-6-15(17(14)22)21(23,24)25/h4-6,9,11-12,18,31H,7-8,10H2,1-3H3,(H,29,32)(H,26,27,28)/t12-,18-/m1/s1. The maximum absolute atomic E-state index is 14.5. The minimum atomic E-state index is -4.92. The van der Waals surface area contributed by atoms with E-state index >= 15 is 0 Å². The van der Waals surface area contributed by atoms with E-state index in [9.17, 15) is 27.5 Å². The first-order chi connectivity index (χ1) is 15.5. The second kappa shape index (κ2) is 9.87. The number of nitrogens with one attached hydrogen (secondary N) is 2. The van der Waals surface area contributed by atoms with Gasteiger partial charge in [-0.05, 0) is 38.8 Å². The van der Waals surface area contributed by atoms with E-state index in [0.29, 0.717) is 30.7 Å². The van der Waals surface area contributed by atoms with E-state index in [-0.39, 0.29) is 12.6 Å². The van der Waals surface area contributed by atoms with Gasteiger partial charge in [0, 0.05) is 24.3 Å². The SMILES string of the molecule is CC(C)Nc1ncc2c(n1)CN(OC(=O)N[C@@H](c1cccc(C(F)(F)F)c1F)[C@@H](C)O)CC2. The van der Waals surface area contributed by atoms with Crippen molar-refractivity contribution in [1.82, 2.24) is 20.3 Å². The molecule has 2 aromatic rings. The lowest BCUT2D eigenvalue weighted by Crippen LogP contribution is -2.41. The number of halogens is 4. The number of aliphatic hydroxyl groups is 1. The zero-order valence-electron chi connectivity index (χ0n) is 18.3. The highest BCUT2D eigenvalue weighted by Gasteiger charge is 2.37. The monoisotopic (exact) mass is 471 g/mol. The number of nitrogens with zero attached hydrogens (tertiary/aromatic N) is 3. The molecule has 0 saturated heterocycles. The summed E-state index contributed by atoms with van der Waals surface area (Å²) in [5.74, 6) is -1.13. The van der Waals surface area contributed by atoms with Crippen LogP contribution in [0.2, 0.25) is 0 Å². The first kappa shape index (κ1) is 24.6. The minimum absolute atomic E-state index is 0.124. The Hall–Kier alpha value is -2.99. The van der Waals surface area contributed by atoms with E-state index in [1.165, 1.54) is 12.0 Å². The number of anilines is 1. The molecule has 1 aliphatic heterocycles. The third-order valence-electron chi connectivity index (χ3n) is 4.97. The molecule has 0 saturated carbocycles. The molecule has 0 aliphatic carbocycles. The van der Waals surface area contributed by atoms with E-state index < -0.39 is 41.4 Å². The normalized spacial score (nSPS) is 16.2. The van der Waals surface area contributed by atoms with Gasteiger partial charge in [0.1, 0.15) is 5.82 Å². The quantitative estimate of drug-likeness (QED) is 0.554. The summed E-state index contributed by atoms with van der Waals surface area (Å²) in [4.78, 5) is 26.4. The molecule has 1 aromatic carbocycles. The minimum Gasteiger partial charge on any atom is -0.391 e. The lowest BCUT2D eigenvalue weighted by molar-refractivity contribution is -0.140. The van der Waals surface area contributed by atoms with E-state index in [4.69, 9.17) is 4.84 Å².